The fourth-order valence-corrected chi connectivity index (χ4v) is 2.37. The van der Waals surface area contributed by atoms with Gasteiger partial charge in [-0.3, -0.25) is 4.68 Å². The number of aromatic nitrogens is 4. The SMILES string of the molecule is Cc1nn(C)c2ncnc(Nc3cccc(N(C)C)c3)c12. The molecule has 3 rings (SSSR count). The molecule has 0 aliphatic carbocycles. The van der Waals surface area contributed by atoms with Gasteiger partial charge >= 0.3 is 0 Å². The zero-order valence-corrected chi connectivity index (χ0v) is 12.6. The summed E-state index contributed by atoms with van der Waals surface area (Å²) >= 11 is 0. The molecule has 0 aliphatic heterocycles. The number of benzene rings is 1. The number of aryl methyl sites for hydroxylation is 2. The van der Waals surface area contributed by atoms with Crippen molar-refractivity contribution in [2.75, 3.05) is 24.3 Å². The Kier molecular flexibility index (Phi) is 3.21. The van der Waals surface area contributed by atoms with E-state index in [0.29, 0.717) is 0 Å². The Morgan fingerprint density at radius 3 is 2.76 bits per heavy atom. The fourth-order valence-electron chi connectivity index (χ4n) is 2.37. The molecule has 0 bridgehead atoms. The smallest absolute Gasteiger partial charge is 0.163 e. The summed E-state index contributed by atoms with van der Waals surface area (Å²) < 4.78 is 1.77. The zero-order valence-electron chi connectivity index (χ0n) is 12.6. The molecule has 0 aliphatic rings. The Morgan fingerprint density at radius 1 is 1.19 bits per heavy atom. The van der Waals surface area contributed by atoms with Crippen LogP contribution in [-0.2, 0) is 7.05 Å². The van der Waals surface area contributed by atoms with Crippen LogP contribution in [0.15, 0.2) is 30.6 Å². The minimum Gasteiger partial charge on any atom is -0.378 e. The highest BCUT2D eigenvalue weighted by Crippen LogP contribution is 2.26. The number of nitrogens with one attached hydrogen (secondary N) is 1. The first kappa shape index (κ1) is 13.4. The number of nitrogens with zero attached hydrogens (tertiary/aromatic N) is 5. The first-order chi connectivity index (χ1) is 10.1. The molecule has 6 heteroatoms. The van der Waals surface area contributed by atoms with Crippen LogP contribution >= 0.6 is 0 Å². The van der Waals surface area contributed by atoms with E-state index >= 15 is 0 Å². The molecule has 1 N–H and O–H groups in total. The summed E-state index contributed by atoms with van der Waals surface area (Å²) in [5.74, 6) is 0.779. The number of fused-ring (bicyclic) bond motifs is 1. The average molecular weight is 282 g/mol. The maximum Gasteiger partial charge on any atom is 0.163 e. The van der Waals surface area contributed by atoms with Gasteiger partial charge in [-0.2, -0.15) is 5.10 Å². The molecular weight excluding hydrogens is 264 g/mol. The van der Waals surface area contributed by atoms with E-state index in [0.717, 1.165) is 33.9 Å². The lowest BCUT2D eigenvalue weighted by Gasteiger charge is -2.14. The quantitative estimate of drug-likeness (QED) is 0.799. The summed E-state index contributed by atoms with van der Waals surface area (Å²) in [4.78, 5) is 10.7. The third-order valence-electron chi connectivity index (χ3n) is 3.42. The predicted molar refractivity (Wildman–Crippen MR) is 85.1 cm³/mol. The topological polar surface area (TPSA) is 58.9 Å². The van der Waals surface area contributed by atoms with Gasteiger partial charge in [-0.15, -0.1) is 0 Å². The highest BCUT2D eigenvalue weighted by atomic mass is 15.3. The van der Waals surface area contributed by atoms with E-state index in [9.17, 15) is 0 Å². The number of rotatable bonds is 3. The van der Waals surface area contributed by atoms with Gasteiger partial charge in [0.25, 0.3) is 0 Å². The number of hydrogen-bond acceptors (Lipinski definition) is 5. The Balaban J connectivity index is 2.04. The number of anilines is 3. The maximum absolute atomic E-state index is 4.40. The fraction of sp³-hybridized carbons (Fsp3) is 0.267. The van der Waals surface area contributed by atoms with Gasteiger partial charge in [0.15, 0.2) is 5.65 Å². The molecule has 2 heterocycles. The van der Waals surface area contributed by atoms with Gasteiger partial charge in [-0.1, -0.05) is 6.07 Å². The van der Waals surface area contributed by atoms with E-state index in [-0.39, 0.29) is 0 Å². The molecule has 6 nitrogen and oxygen atoms in total. The summed E-state index contributed by atoms with van der Waals surface area (Å²) in [5, 5.41) is 8.72. The van der Waals surface area contributed by atoms with Crippen LogP contribution < -0.4 is 10.2 Å². The summed E-state index contributed by atoms with van der Waals surface area (Å²) in [7, 11) is 5.93. The highest BCUT2D eigenvalue weighted by Gasteiger charge is 2.12. The molecule has 0 atom stereocenters. The van der Waals surface area contributed by atoms with E-state index < -0.39 is 0 Å². The molecule has 0 fully saturated rings. The molecule has 3 aromatic rings. The standard InChI is InChI=1S/C15H18N6/c1-10-13-14(16-9-17-15(13)21(4)19-10)18-11-6-5-7-12(8-11)20(2)3/h5-9H,1-4H3,(H,16,17,18). The van der Waals surface area contributed by atoms with Crippen molar-refractivity contribution in [3.63, 3.8) is 0 Å². The lowest BCUT2D eigenvalue weighted by atomic mass is 10.2. The van der Waals surface area contributed by atoms with Crippen molar-refractivity contribution >= 4 is 28.2 Å². The minimum absolute atomic E-state index is 0.779. The Morgan fingerprint density at radius 2 is 2.00 bits per heavy atom. The molecule has 0 spiro atoms. The van der Waals surface area contributed by atoms with Crippen molar-refractivity contribution in [1.82, 2.24) is 19.7 Å². The zero-order chi connectivity index (χ0) is 15.0. The van der Waals surface area contributed by atoms with Gasteiger partial charge in [0.05, 0.1) is 11.1 Å². The van der Waals surface area contributed by atoms with E-state index in [2.05, 4.69) is 37.4 Å². The first-order valence-corrected chi connectivity index (χ1v) is 6.75. The third kappa shape index (κ3) is 2.40. The van der Waals surface area contributed by atoms with Crippen LogP contribution in [0.5, 0.6) is 0 Å². The Bertz CT molecular complexity index is 790. The summed E-state index contributed by atoms with van der Waals surface area (Å²) in [5.41, 5.74) is 3.87. The number of hydrogen-bond donors (Lipinski definition) is 1. The molecular formula is C15H18N6. The van der Waals surface area contributed by atoms with Crippen molar-refractivity contribution in [1.29, 1.82) is 0 Å². The van der Waals surface area contributed by atoms with E-state index in [4.69, 9.17) is 0 Å². The first-order valence-electron chi connectivity index (χ1n) is 6.75. The van der Waals surface area contributed by atoms with Crippen molar-refractivity contribution in [3.8, 4) is 0 Å². The normalized spacial score (nSPS) is 10.9. The monoisotopic (exact) mass is 282 g/mol. The lowest BCUT2D eigenvalue weighted by Crippen LogP contribution is -2.08. The second kappa shape index (κ2) is 5.05. The maximum atomic E-state index is 4.40. The van der Waals surface area contributed by atoms with Crippen LogP contribution in [0.2, 0.25) is 0 Å². The van der Waals surface area contributed by atoms with E-state index in [1.807, 2.05) is 40.2 Å². The molecule has 0 saturated heterocycles. The van der Waals surface area contributed by atoms with Gasteiger partial charge in [0.1, 0.15) is 12.1 Å². The van der Waals surface area contributed by atoms with Crippen LogP contribution in [-0.4, -0.2) is 33.8 Å². The van der Waals surface area contributed by atoms with Crippen LogP contribution in [0.3, 0.4) is 0 Å². The lowest BCUT2D eigenvalue weighted by molar-refractivity contribution is 0.773. The van der Waals surface area contributed by atoms with Gasteiger partial charge in [-0.25, -0.2) is 9.97 Å². The largest absolute Gasteiger partial charge is 0.378 e. The van der Waals surface area contributed by atoms with Gasteiger partial charge in [0.2, 0.25) is 0 Å². The summed E-state index contributed by atoms with van der Waals surface area (Å²) in [6.45, 7) is 1.97. The van der Waals surface area contributed by atoms with Gasteiger partial charge in [-0.05, 0) is 25.1 Å². The summed E-state index contributed by atoms with van der Waals surface area (Å²) in [6, 6.07) is 8.19. The second-order valence-corrected chi connectivity index (χ2v) is 5.20. The molecule has 0 amide bonds. The van der Waals surface area contributed by atoms with Gasteiger partial charge in [0, 0.05) is 32.5 Å². The Hall–Kier alpha value is -2.63. The molecule has 0 saturated carbocycles. The van der Waals surface area contributed by atoms with Crippen LogP contribution in [0, 0.1) is 6.92 Å². The summed E-state index contributed by atoms with van der Waals surface area (Å²) in [6.07, 6.45) is 1.56. The van der Waals surface area contributed by atoms with Crippen LogP contribution in [0.25, 0.3) is 11.0 Å². The molecule has 0 radical (unpaired) electrons. The van der Waals surface area contributed by atoms with Crippen molar-refractivity contribution < 1.29 is 0 Å². The molecule has 108 valence electrons. The Labute approximate surface area is 123 Å². The van der Waals surface area contributed by atoms with E-state index in [1.54, 1.807) is 11.0 Å². The van der Waals surface area contributed by atoms with Crippen LogP contribution in [0.1, 0.15) is 5.69 Å². The molecule has 21 heavy (non-hydrogen) atoms. The third-order valence-corrected chi connectivity index (χ3v) is 3.42. The molecule has 1 aromatic carbocycles. The molecule has 2 aromatic heterocycles. The predicted octanol–water partition coefficient (Wildman–Crippen LogP) is 2.48. The van der Waals surface area contributed by atoms with E-state index in [1.165, 1.54) is 0 Å². The average Bonchev–Trinajstić information content (AvgIpc) is 2.75. The highest BCUT2D eigenvalue weighted by molar-refractivity contribution is 5.91. The molecule has 0 unspecified atom stereocenters. The van der Waals surface area contributed by atoms with Crippen molar-refractivity contribution in [2.45, 2.75) is 6.92 Å². The minimum atomic E-state index is 0.779. The van der Waals surface area contributed by atoms with Crippen molar-refractivity contribution in [2.24, 2.45) is 7.05 Å². The van der Waals surface area contributed by atoms with Crippen molar-refractivity contribution in [3.05, 3.63) is 36.3 Å². The van der Waals surface area contributed by atoms with Gasteiger partial charge < -0.3 is 10.2 Å². The van der Waals surface area contributed by atoms with Crippen LogP contribution in [0.4, 0.5) is 17.2 Å². The second-order valence-electron chi connectivity index (χ2n) is 5.20.